The van der Waals surface area contributed by atoms with Crippen molar-refractivity contribution in [2.24, 2.45) is 0 Å². The first-order valence-corrected chi connectivity index (χ1v) is 7.35. The topological polar surface area (TPSA) is 80.7 Å². The number of halogens is 1. The van der Waals surface area contributed by atoms with Gasteiger partial charge in [-0.05, 0) is 34.1 Å². The van der Waals surface area contributed by atoms with E-state index in [1.807, 2.05) is 0 Å². The molecule has 0 fully saturated rings. The van der Waals surface area contributed by atoms with Crippen molar-refractivity contribution in [3.05, 3.63) is 29.8 Å². The zero-order chi connectivity index (χ0) is 13.1. The summed E-state index contributed by atoms with van der Waals surface area (Å²) >= 11 is 2.90. The largest absolute Gasteiger partial charge is 0.478 e. The van der Waals surface area contributed by atoms with Crippen molar-refractivity contribution in [2.45, 2.75) is 11.3 Å². The molecule has 0 radical (unpaired) electrons. The summed E-state index contributed by atoms with van der Waals surface area (Å²) in [6.45, 7) is 1.50. The Morgan fingerprint density at radius 3 is 2.71 bits per heavy atom. The van der Waals surface area contributed by atoms with Gasteiger partial charge < -0.3 is 9.84 Å². The molecule has 0 heterocycles. The van der Waals surface area contributed by atoms with E-state index in [-0.39, 0.29) is 17.1 Å². The van der Waals surface area contributed by atoms with Gasteiger partial charge in [-0.2, -0.15) is 0 Å². The number of aromatic carboxylic acids is 1. The summed E-state index contributed by atoms with van der Waals surface area (Å²) < 4.78 is 26.8. The van der Waals surface area contributed by atoms with Crippen LogP contribution in [0.25, 0.3) is 0 Å². The second-order valence-electron chi connectivity index (χ2n) is 3.18. The molecule has 1 aromatic rings. The van der Waals surface area contributed by atoms with Crippen LogP contribution in [0.3, 0.4) is 0 Å². The molecule has 1 rings (SSSR count). The van der Waals surface area contributed by atoms with Crippen molar-refractivity contribution in [1.82, 2.24) is 0 Å². The molecule has 0 aromatic heterocycles. The second-order valence-corrected chi connectivity index (χ2v) is 6.95. The maximum absolute atomic E-state index is 11.4. The molecular weight excluding hydrogens is 312 g/mol. The van der Waals surface area contributed by atoms with Crippen LogP contribution in [0, 0.1) is 0 Å². The molecule has 94 valence electrons. The molecule has 1 atom stereocenters. The number of carboxylic acids is 1. The molecule has 1 N–H and O–H groups in total. The van der Waals surface area contributed by atoms with E-state index in [1.54, 1.807) is 0 Å². The van der Waals surface area contributed by atoms with Gasteiger partial charge in [-0.1, -0.05) is 13.0 Å². The molecular formula is C10H11BrO5S. The Morgan fingerprint density at radius 1 is 1.53 bits per heavy atom. The SMILES string of the molecule is CCS(=O)(=O)C(Br)Oc1cccc(C(=O)O)c1. The first-order valence-electron chi connectivity index (χ1n) is 4.72. The molecule has 0 aliphatic rings. The Hall–Kier alpha value is -1.08. The van der Waals surface area contributed by atoms with Gasteiger partial charge in [0.25, 0.3) is 4.35 Å². The molecule has 0 bridgehead atoms. The number of benzene rings is 1. The number of carboxylic acid groups (broad SMARTS) is 1. The molecule has 0 spiro atoms. The van der Waals surface area contributed by atoms with E-state index in [0.29, 0.717) is 0 Å². The van der Waals surface area contributed by atoms with Gasteiger partial charge >= 0.3 is 5.97 Å². The van der Waals surface area contributed by atoms with Crippen LogP contribution in [0.5, 0.6) is 5.75 Å². The molecule has 1 aromatic carbocycles. The summed E-state index contributed by atoms with van der Waals surface area (Å²) in [5.41, 5.74) is 0.0381. The van der Waals surface area contributed by atoms with Crippen LogP contribution < -0.4 is 4.74 Å². The van der Waals surface area contributed by atoms with E-state index in [4.69, 9.17) is 9.84 Å². The lowest BCUT2D eigenvalue weighted by Crippen LogP contribution is -2.22. The molecule has 0 aliphatic heterocycles. The number of carbonyl (C=O) groups is 1. The second kappa shape index (κ2) is 5.50. The molecule has 5 nitrogen and oxygen atoms in total. The molecule has 0 amide bonds. The highest BCUT2D eigenvalue weighted by atomic mass is 79.9. The zero-order valence-corrected chi connectivity index (χ0v) is 11.4. The predicted molar refractivity (Wildman–Crippen MR) is 66.2 cm³/mol. The lowest BCUT2D eigenvalue weighted by atomic mass is 10.2. The Kier molecular flexibility index (Phi) is 4.53. The highest BCUT2D eigenvalue weighted by Crippen LogP contribution is 2.20. The Bertz CT molecular complexity index is 511. The van der Waals surface area contributed by atoms with Crippen molar-refractivity contribution < 1.29 is 23.1 Å². The normalized spacial score (nSPS) is 13.1. The minimum atomic E-state index is -3.38. The standard InChI is InChI=1S/C10H11BrO5S/c1-2-17(14,15)10(11)16-8-5-3-4-7(6-8)9(12)13/h3-6,10H,2H2,1H3,(H,12,13). The van der Waals surface area contributed by atoms with Gasteiger partial charge in [0.2, 0.25) is 0 Å². The molecule has 1 unspecified atom stereocenters. The van der Waals surface area contributed by atoms with Crippen molar-refractivity contribution in [1.29, 1.82) is 0 Å². The third kappa shape index (κ3) is 3.71. The van der Waals surface area contributed by atoms with Crippen molar-refractivity contribution in [3.63, 3.8) is 0 Å². The Balaban J connectivity index is 2.89. The van der Waals surface area contributed by atoms with Crippen LogP contribution >= 0.6 is 15.9 Å². The maximum atomic E-state index is 11.4. The first kappa shape index (κ1) is 14.0. The fourth-order valence-electron chi connectivity index (χ4n) is 1.01. The number of rotatable bonds is 5. The molecule has 0 aliphatic carbocycles. The van der Waals surface area contributed by atoms with Crippen LogP contribution in [0.1, 0.15) is 17.3 Å². The fraction of sp³-hybridized carbons (Fsp3) is 0.300. The maximum Gasteiger partial charge on any atom is 0.335 e. The van der Waals surface area contributed by atoms with E-state index in [1.165, 1.54) is 31.2 Å². The van der Waals surface area contributed by atoms with Crippen LogP contribution in [0.15, 0.2) is 24.3 Å². The average Bonchev–Trinajstić information content (AvgIpc) is 2.29. The summed E-state index contributed by atoms with van der Waals surface area (Å²) in [6.07, 6.45) is 0. The van der Waals surface area contributed by atoms with Gasteiger partial charge in [0.05, 0.1) is 11.3 Å². The third-order valence-electron chi connectivity index (χ3n) is 1.99. The summed E-state index contributed by atoms with van der Waals surface area (Å²) in [5.74, 6) is -0.981. The van der Waals surface area contributed by atoms with Gasteiger partial charge in [0, 0.05) is 0 Å². The van der Waals surface area contributed by atoms with Crippen LogP contribution in [0.4, 0.5) is 0 Å². The summed E-state index contributed by atoms with van der Waals surface area (Å²) in [6, 6.07) is 5.64. The number of alkyl halides is 1. The van der Waals surface area contributed by atoms with Gasteiger partial charge in [0.15, 0.2) is 9.84 Å². The van der Waals surface area contributed by atoms with E-state index < -0.39 is 20.2 Å². The van der Waals surface area contributed by atoms with Crippen molar-refractivity contribution in [3.8, 4) is 5.75 Å². The summed E-state index contributed by atoms with van der Waals surface area (Å²) in [4.78, 5) is 10.7. The smallest absolute Gasteiger partial charge is 0.335 e. The lowest BCUT2D eigenvalue weighted by molar-refractivity contribution is 0.0696. The van der Waals surface area contributed by atoms with Gasteiger partial charge in [-0.3, -0.25) is 0 Å². The predicted octanol–water partition coefficient (Wildman–Crippen LogP) is 1.88. The average molecular weight is 323 g/mol. The molecule has 7 heteroatoms. The van der Waals surface area contributed by atoms with Crippen LogP contribution in [-0.2, 0) is 9.84 Å². The van der Waals surface area contributed by atoms with Crippen LogP contribution in [-0.4, -0.2) is 29.6 Å². The number of ether oxygens (including phenoxy) is 1. The van der Waals surface area contributed by atoms with Gasteiger partial charge in [0.1, 0.15) is 5.75 Å². The van der Waals surface area contributed by atoms with E-state index in [9.17, 15) is 13.2 Å². The quantitative estimate of drug-likeness (QED) is 0.837. The highest BCUT2D eigenvalue weighted by Gasteiger charge is 2.22. The molecule has 17 heavy (non-hydrogen) atoms. The van der Waals surface area contributed by atoms with E-state index >= 15 is 0 Å². The third-order valence-corrected chi connectivity index (χ3v) is 5.36. The highest BCUT2D eigenvalue weighted by molar-refractivity contribution is 9.11. The first-order chi connectivity index (χ1) is 7.86. The fourth-order valence-corrected chi connectivity index (χ4v) is 2.54. The van der Waals surface area contributed by atoms with Crippen molar-refractivity contribution in [2.75, 3.05) is 5.75 Å². The van der Waals surface area contributed by atoms with Gasteiger partial charge in [-0.15, -0.1) is 0 Å². The van der Waals surface area contributed by atoms with E-state index in [0.717, 1.165) is 0 Å². The number of hydrogen-bond acceptors (Lipinski definition) is 4. The van der Waals surface area contributed by atoms with Crippen LogP contribution in [0.2, 0.25) is 0 Å². The Labute approximate surface area is 107 Å². The monoisotopic (exact) mass is 322 g/mol. The minimum absolute atomic E-state index is 0.0381. The number of hydrogen-bond donors (Lipinski definition) is 1. The van der Waals surface area contributed by atoms with Crippen molar-refractivity contribution >= 4 is 31.7 Å². The number of sulfone groups is 1. The lowest BCUT2D eigenvalue weighted by Gasteiger charge is -2.12. The minimum Gasteiger partial charge on any atom is -0.478 e. The van der Waals surface area contributed by atoms with E-state index in [2.05, 4.69) is 15.9 Å². The molecule has 0 saturated heterocycles. The zero-order valence-electron chi connectivity index (χ0n) is 8.96. The summed E-state index contributed by atoms with van der Waals surface area (Å²) in [5, 5.41) is 8.76. The molecule has 0 saturated carbocycles. The van der Waals surface area contributed by atoms with Gasteiger partial charge in [-0.25, -0.2) is 13.2 Å². The Morgan fingerprint density at radius 2 is 2.18 bits per heavy atom. The summed E-state index contributed by atoms with van der Waals surface area (Å²) in [7, 11) is -3.38.